The fourth-order valence-corrected chi connectivity index (χ4v) is 6.98. The largest absolute Gasteiger partial charge is 0.496 e. The minimum absolute atomic E-state index is 0.130. The van der Waals surface area contributed by atoms with Crippen molar-refractivity contribution in [3.8, 4) is 5.75 Å². The Bertz CT molecular complexity index is 2070. The number of anilines is 1. The number of allylic oxidation sites excluding steroid dienone is 1. The number of amides is 1. The first-order chi connectivity index (χ1) is 21.3. The highest BCUT2D eigenvalue weighted by Crippen LogP contribution is 2.41. The van der Waals surface area contributed by atoms with Crippen molar-refractivity contribution in [3.63, 3.8) is 0 Å². The van der Waals surface area contributed by atoms with Crippen LogP contribution in [0.5, 0.6) is 5.75 Å². The van der Waals surface area contributed by atoms with Crippen molar-refractivity contribution in [2.75, 3.05) is 31.8 Å². The number of esters is 2. The third kappa shape index (κ3) is 4.60. The van der Waals surface area contributed by atoms with Gasteiger partial charge in [-0.05, 0) is 43.7 Å². The number of nitrogens with zero attached hydrogens (tertiary/aromatic N) is 3. The number of carbonyl (C=O) groups is 3. The van der Waals surface area contributed by atoms with E-state index in [9.17, 15) is 19.2 Å². The number of rotatable bonds is 7. The summed E-state index contributed by atoms with van der Waals surface area (Å²) in [5.74, 6) is -1.18. The van der Waals surface area contributed by atoms with Gasteiger partial charge in [0, 0.05) is 11.1 Å². The highest BCUT2D eigenvalue weighted by molar-refractivity contribution is 7.07. The van der Waals surface area contributed by atoms with Gasteiger partial charge in [0.1, 0.15) is 22.9 Å². The lowest BCUT2D eigenvalue weighted by atomic mass is 9.90. The molecule has 0 N–H and O–H groups in total. The zero-order chi connectivity index (χ0) is 31.1. The molecule has 0 radical (unpaired) electrons. The van der Waals surface area contributed by atoms with Gasteiger partial charge in [0.25, 0.3) is 11.5 Å². The number of para-hydroxylation sites is 1. The van der Waals surface area contributed by atoms with Gasteiger partial charge in [0.15, 0.2) is 4.80 Å². The molecule has 224 valence electrons. The molecule has 0 saturated carbocycles. The van der Waals surface area contributed by atoms with Gasteiger partial charge < -0.3 is 14.2 Å². The summed E-state index contributed by atoms with van der Waals surface area (Å²) in [6.07, 6.45) is 0. The van der Waals surface area contributed by atoms with Crippen molar-refractivity contribution < 1.29 is 28.6 Å². The Balaban J connectivity index is 1.66. The molecule has 2 aliphatic heterocycles. The molecule has 0 fully saturated rings. The molecule has 0 bridgehead atoms. The van der Waals surface area contributed by atoms with E-state index in [1.165, 1.54) is 16.6 Å². The van der Waals surface area contributed by atoms with E-state index in [1.54, 1.807) is 51.1 Å². The number of hydrogen-bond donors (Lipinski definition) is 0. The summed E-state index contributed by atoms with van der Waals surface area (Å²) in [5.41, 5.74) is 1.88. The molecule has 1 atom stereocenters. The normalized spacial score (nSPS) is 16.9. The molecule has 44 heavy (non-hydrogen) atoms. The molecule has 0 aliphatic carbocycles. The summed E-state index contributed by atoms with van der Waals surface area (Å²) in [4.78, 5) is 60.7. The van der Waals surface area contributed by atoms with E-state index in [0.717, 1.165) is 22.1 Å². The van der Waals surface area contributed by atoms with E-state index in [-0.39, 0.29) is 35.4 Å². The number of aromatic nitrogens is 1. The molecule has 4 aromatic rings. The fraction of sp³-hybridized carbons (Fsp3) is 0.242. The van der Waals surface area contributed by atoms with Crippen LogP contribution in [0.15, 0.2) is 81.7 Å². The predicted octanol–water partition coefficient (Wildman–Crippen LogP) is 3.24. The molecule has 3 aromatic carbocycles. The summed E-state index contributed by atoms with van der Waals surface area (Å²) in [5, 5.41) is 1.68. The van der Waals surface area contributed by atoms with Crippen LogP contribution in [0.2, 0.25) is 0 Å². The van der Waals surface area contributed by atoms with E-state index < -0.39 is 29.4 Å². The molecule has 6 rings (SSSR count). The highest BCUT2D eigenvalue weighted by atomic mass is 32.1. The average molecular weight is 612 g/mol. The van der Waals surface area contributed by atoms with Gasteiger partial charge in [0.2, 0.25) is 0 Å². The molecule has 0 unspecified atom stereocenters. The molecular formula is C33H29N3O7S. The lowest BCUT2D eigenvalue weighted by Gasteiger charge is -2.27. The number of thiazole rings is 1. The zero-order valence-corrected chi connectivity index (χ0v) is 25.4. The molecule has 1 amide bonds. The standard InChI is InChI=1S/C33H29N3O7S/c1-5-42-24(37)17-35-22-14-10-9-13-21(22)27(30(35)38)29-31(39)36-28(25(32(40)43-6-2)18(3)34-33(36)44-29)26-20-12-8-7-11-19(20)15-16-23(26)41-4/h7-16,28H,5-6,17H2,1-4H3/b29-27+/t28-/m1/s1. The Labute approximate surface area is 256 Å². The predicted molar refractivity (Wildman–Crippen MR) is 165 cm³/mol. The van der Waals surface area contributed by atoms with Gasteiger partial charge in [-0.2, -0.15) is 0 Å². The van der Waals surface area contributed by atoms with Crippen LogP contribution in [0, 0.1) is 0 Å². The summed E-state index contributed by atoms with van der Waals surface area (Å²) in [7, 11) is 1.53. The Hall–Kier alpha value is -5.03. The summed E-state index contributed by atoms with van der Waals surface area (Å²) < 4.78 is 18.0. The molecular weight excluding hydrogens is 582 g/mol. The summed E-state index contributed by atoms with van der Waals surface area (Å²) >= 11 is 1.06. The first-order valence-corrected chi connectivity index (χ1v) is 15.0. The monoisotopic (exact) mass is 611 g/mol. The van der Waals surface area contributed by atoms with Gasteiger partial charge in [0.05, 0.1) is 42.9 Å². The van der Waals surface area contributed by atoms with E-state index in [1.807, 2.05) is 30.3 Å². The molecule has 0 spiro atoms. The maximum Gasteiger partial charge on any atom is 0.338 e. The van der Waals surface area contributed by atoms with Crippen molar-refractivity contribution in [2.24, 2.45) is 4.99 Å². The fourth-order valence-electron chi connectivity index (χ4n) is 5.84. The Morgan fingerprint density at radius 2 is 1.68 bits per heavy atom. The summed E-state index contributed by atoms with van der Waals surface area (Å²) in [6.45, 7) is 5.11. The molecule has 0 saturated heterocycles. The molecule has 2 aliphatic rings. The highest BCUT2D eigenvalue weighted by Gasteiger charge is 2.39. The minimum atomic E-state index is -0.955. The van der Waals surface area contributed by atoms with Crippen LogP contribution < -0.4 is 24.5 Å². The molecule has 1 aromatic heterocycles. The van der Waals surface area contributed by atoms with Crippen molar-refractivity contribution in [1.82, 2.24) is 4.57 Å². The van der Waals surface area contributed by atoms with Crippen LogP contribution in [-0.4, -0.2) is 49.3 Å². The van der Waals surface area contributed by atoms with Crippen molar-refractivity contribution in [1.29, 1.82) is 0 Å². The number of methoxy groups -OCH3 is 1. The van der Waals surface area contributed by atoms with E-state index in [2.05, 4.69) is 4.99 Å². The Morgan fingerprint density at radius 3 is 2.43 bits per heavy atom. The van der Waals surface area contributed by atoms with Crippen LogP contribution in [0.25, 0.3) is 16.3 Å². The average Bonchev–Trinajstić information content (AvgIpc) is 3.48. The third-order valence-electron chi connectivity index (χ3n) is 7.66. The molecule has 3 heterocycles. The van der Waals surface area contributed by atoms with Crippen LogP contribution in [0.3, 0.4) is 0 Å². The quantitative estimate of drug-likeness (QED) is 0.295. The first-order valence-electron chi connectivity index (χ1n) is 14.1. The summed E-state index contributed by atoms with van der Waals surface area (Å²) in [6, 6.07) is 17.4. The van der Waals surface area contributed by atoms with Gasteiger partial charge in [-0.15, -0.1) is 0 Å². The molecule has 10 nitrogen and oxygen atoms in total. The number of hydrogen-bond acceptors (Lipinski definition) is 9. The number of fused-ring (bicyclic) bond motifs is 3. The topological polar surface area (TPSA) is 116 Å². The SMILES string of the molecule is CCOC(=O)CN1C(=O)/C(=c2/sc3n(c2=O)[C@@H](c2c(OC)ccc4ccccc24)C(C(=O)OCC)=C(C)N=3)c2ccccc21. The first kappa shape index (κ1) is 29.1. The second-order valence-electron chi connectivity index (χ2n) is 10.1. The Morgan fingerprint density at radius 1 is 0.955 bits per heavy atom. The maximum atomic E-state index is 14.6. The van der Waals surface area contributed by atoms with Crippen molar-refractivity contribution in [2.45, 2.75) is 26.8 Å². The minimum Gasteiger partial charge on any atom is -0.496 e. The molecule has 11 heteroatoms. The number of benzene rings is 3. The van der Waals surface area contributed by atoms with Gasteiger partial charge in [-0.25, -0.2) is 9.79 Å². The van der Waals surface area contributed by atoms with E-state index in [0.29, 0.717) is 33.1 Å². The Kier molecular flexibility index (Phi) is 7.64. The number of ether oxygens (including phenoxy) is 3. The van der Waals surface area contributed by atoms with Crippen molar-refractivity contribution >= 4 is 51.2 Å². The van der Waals surface area contributed by atoms with Crippen LogP contribution >= 0.6 is 11.3 Å². The van der Waals surface area contributed by atoms with Gasteiger partial charge in [-0.1, -0.05) is 59.9 Å². The second kappa shape index (κ2) is 11.6. The van der Waals surface area contributed by atoms with Gasteiger partial charge in [-0.3, -0.25) is 23.9 Å². The zero-order valence-electron chi connectivity index (χ0n) is 24.6. The second-order valence-corrected chi connectivity index (χ2v) is 11.1. The van der Waals surface area contributed by atoms with E-state index in [4.69, 9.17) is 14.2 Å². The van der Waals surface area contributed by atoms with Gasteiger partial charge >= 0.3 is 11.9 Å². The van der Waals surface area contributed by atoms with E-state index >= 15 is 0 Å². The van der Waals surface area contributed by atoms with Crippen LogP contribution in [-0.2, 0) is 23.9 Å². The smallest absolute Gasteiger partial charge is 0.338 e. The lowest BCUT2D eigenvalue weighted by Crippen LogP contribution is -2.41. The maximum absolute atomic E-state index is 14.6. The lowest BCUT2D eigenvalue weighted by molar-refractivity contribution is -0.142. The van der Waals surface area contributed by atoms with Crippen molar-refractivity contribution in [3.05, 3.63) is 103 Å². The van der Waals surface area contributed by atoms with Crippen LogP contribution in [0.1, 0.15) is 37.9 Å². The third-order valence-corrected chi connectivity index (χ3v) is 8.71. The van der Waals surface area contributed by atoms with Crippen LogP contribution in [0.4, 0.5) is 5.69 Å². The number of carbonyl (C=O) groups excluding carboxylic acids is 3.